The van der Waals surface area contributed by atoms with Gasteiger partial charge in [0.25, 0.3) is 0 Å². The lowest BCUT2D eigenvalue weighted by atomic mass is 10.3. The Labute approximate surface area is 57.4 Å². The van der Waals surface area contributed by atoms with Crippen molar-refractivity contribution >= 4 is 6.41 Å². The van der Waals surface area contributed by atoms with E-state index in [0.717, 1.165) is 0 Å². The van der Waals surface area contributed by atoms with E-state index in [1.54, 1.807) is 6.92 Å². The molecule has 5 heteroatoms. The minimum atomic E-state index is 0.374. The SMILES string of the molecule is Cc1nonc1CNC=O. The van der Waals surface area contributed by atoms with E-state index in [1.165, 1.54) is 0 Å². The molecule has 5 nitrogen and oxygen atoms in total. The van der Waals surface area contributed by atoms with E-state index < -0.39 is 0 Å². The van der Waals surface area contributed by atoms with Gasteiger partial charge in [-0.05, 0) is 6.92 Å². The van der Waals surface area contributed by atoms with Gasteiger partial charge in [-0.2, -0.15) is 0 Å². The van der Waals surface area contributed by atoms with Crippen molar-refractivity contribution in [3.05, 3.63) is 11.4 Å². The highest BCUT2D eigenvalue weighted by Gasteiger charge is 2.01. The van der Waals surface area contributed by atoms with Gasteiger partial charge in [0.1, 0.15) is 11.4 Å². The Bertz CT molecular complexity index is 220. The highest BCUT2D eigenvalue weighted by Crippen LogP contribution is 1.97. The molecule has 0 radical (unpaired) electrons. The third-order valence-electron chi connectivity index (χ3n) is 1.10. The Morgan fingerprint density at radius 2 is 2.50 bits per heavy atom. The first kappa shape index (κ1) is 6.73. The molecule has 0 saturated carbocycles. The lowest BCUT2D eigenvalue weighted by Crippen LogP contribution is -2.10. The number of hydrogen-bond donors (Lipinski definition) is 1. The zero-order chi connectivity index (χ0) is 7.40. The largest absolute Gasteiger partial charge is 0.353 e. The van der Waals surface area contributed by atoms with Gasteiger partial charge in [0.2, 0.25) is 6.41 Å². The van der Waals surface area contributed by atoms with Crippen molar-refractivity contribution < 1.29 is 9.42 Å². The summed E-state index contributed by atoms with van der Waals surface area (Å²) in [5.74, 6) is 0. The molecule has 1 amide bonds. The van der Waals surface area contributed by atoms with Crippen LogP contribution in [-0.4, -0.2) is 16.7 Å². The zero-order valence-corrected chi connectivity index (χ0v) is 5.50. The molecule has 0 saturated heterocycles. The van der Waals surface area contributed by atoms with Crippen molar-refractivity contribution in [2.45, 2.75) is 13.5 Å². The van der Waals surface area contributed by atoms with Crippen molar-refractivity contribution in [1.29, 1.82) is 0 Å². The summed E-state index contributed by atoms with van der Waals surface area (Å²) in [5, 5.41) is 9.52. The van der Waals surface area contributed by atoms with E-state index in [0.29, 0.717) is 24.3 Å². The fraction of sp³-hybridized carbons (Fsp3) is 0.400. The van der Waals surface area contributed by atoms with Crippen LogP contribution in [0.1, 0.15) is 11.4 Å². The van der Waals surface area contributed by atoms with E-state index in [4.69, 9.17) is 0 Å². The molecule has 0 aromatic carbocycles. The average molecular weight is 141 g/mol. The molecule has 54 valence electrons. The second-order valence-corrected chi connectivity index (χ2v) is 1.80. The smallest absolute Gasteiger partial charge is 0.207 e. The molecule has 0 atom stereocenters. The lowest BCUT2D eigenvalue weighted by molar-refractivity contribution is -0.109. The minimum absolute atomic E-state index is 0.374. The summed E-state index contributed by atoms with van der Waals surface area (Å²) in [4.78, 5) is 9.82. The first-order valence-electron chi connectivity index (χ1n) is 2.79. The predicted molar refractivity (Wildman–Crippen MR) is 31.9 cm³/mol. The van der Waals surface area contributed by atoms with Crippen LogP contribution >= 0.6 is 0 Å². The molecule has 1 N–H and O–H groups in total. The van der Waals surface area contributed by atoms with Crippen molar-refractivity contribution in [2.75, 3.05) is 0 Å². The predicted octanol–water partition coefficient (Wildman–Crippen LogP) is -0.376. The normalized spacial score (nSPS) is 9.30. The fourth-order valence-electron chi connectivity index (χ4n) is 0.548. The molecule has 0 aliphatic rings. The molecule has 0 spiro atoms. The molecule has 0 unspecified atom stereocenters. The van der Waals surface area contributed by atoms with Crippen molar-refractivity contribution in [3.63, 3.8) is 0 Å². The number of nitrogens with one attached hydrogen (secondary N) is 1. The fourth-order valence-corrected chi connectivity index (χ4v) is 0.548. The zero-order valence-electron chi connectivity index (χ0n) is 5.50. The second kappa shape index (κ2) is 2.95. The van der Waals surface area contributed by atoms with Gasteiger partial charge in [-0.1, -0.05) is 10.3 Å². The molecule has 1 aromatic heterocycles. The molecule has 10 heavy (non-hydrogen) atoms. The summed E-state index contributed by atoms with van der Waals surface area (Å²) in [6.45, 7) is 2.14. The maximum Gasteiger partial charge on any atom is 0.207 e. The molecule has 1 aromatic rings. The summed E-state index contributed by atoms with van der Waals surface area (Å²) >= 11 is 0. The monoisotopic (exact) mass is 141 g/mol. The van der Waals surface area contributed by atoms with E-state index in [1.807, 2.05) is 0 Å². The summed E-state index contributed by atoms with van der Waals surface area (Å²) in [6.07, 6.45) is 0.605. The summed E-state index contributed by atoms with van der Waals surface area (Å²) < 4.78 is 4.39. The van der Waals surface area contributed by atoms with Crippen LogP contribution in [0.4, 0.5) is 0 Å². The maximum absolute atomic E-state index is 9.82. The van der Waals surface area contributed by atoms with Crippen LogP contribution in [0.25, 0.3) is 0 Å². The van der Waals surface area contributed by atoms with Crippen molar-refractivity contribution in [1.82, 2.24) is 15.6 Å². The van der Waals surface area contributed by atoms with Crippen LogP contribution in [-0.2, 0) is 11.3 Å². The van der Waals surface area contributed by atoms with Gasteiger partial charge in [0.05, 0.1) is 6.54 Å². The van der Waals surface area contributed by atoms with Crippen LogP contribution in [0.5, 0.6) is 0 Å². The molecule has 1 rings (SSSR count). The third kappa shape index (κ3) is 1.31. The quantitative estimate of drug-likeness (QED) is 0.583. The van der Waals surface area contributed by atoms with Crippen LogP contribution in [0.3, 0.4) is 0 Å². The van der Waals surface area contributed by atoms with Crippen LogP contribution in [0, 0.1) is 6.92 Å². The first-order valence-corrected chi connectivity index (χ1v) is 2.79. The summed E-state index contributed by atoms with van der Waals surface area (Å²) in [6, 6.07) is 0. The first-order chi connectivity index (χ1) is 4.84. The summed E-state index contributed by atoms with van der Waals surface area (Å²) in [7, 11) is 0. The Morgan fingerprint density at radius 3 is 3.00 bits per heavy atom. The topological polar surface area (TPSA) is 68.0 Å². The van der Waals surface area contributed by atoms with Gasteiger partial charge in [-0.25, -0.2) is 4.63 Å². The highest BCUT2D eigenvalue weighted by molar-refractivity contribution is 5.45. The molecule has 0 fully saturated rings. The number of nitrogens with zero attached hydrogens (tertiary/aromatic N) is 2. The van der Waals surface area contributed by atoms with Crippen molar-refractivity contribution in [3.8, 4) is 0 Å². The molecule has 0 aliphatic heterocycles. The van der Waals surface area contributed by atoms with E-state index in [9.17, 15) is 4.79 Å². The number of carbonyl (C=O) groups is 1. The molecular weight excluding hydrogens is 134 g/mol. The minimum Gasteiger partial charge on any atom is -0.353 e. The molecule has 0 aliphatic carbocycles. The van der Waals surface area contributed by atoms with Gasteiger partial charge in [0.15, 0.2) is 0 Å². The van der Waals surface area contributed by atoms with Crippen LogP contribution in [0.15, 0.2) is 4.63 Å². The maximum atomic E-state index is 9.82. The lowest BCUT2D eigenvalue weighted by Gasteiger charge is -1.90. The number of aromatic nitrogens is 2. The molecule has 0 bridgehead atoms. The van der Waals surface area contributed by atoms with E-state index in [-0.39, 0.29) is 0 Å². The van der Waals surface area contributed by atoms with Crippen LogP contribution < -0.4 is 5.32 Å². The summed E-state index contributed by atoms with van der Waals surface area (Å²) in [5.41, 5.74) is 1.36. The van der Waals surface area contributed by atoms with Crippen molar-refractivity contribution in [2.24, 2.45) is 0 Å². The van der Waals surface area contributed by atoms with Crippen LogP contribution in [0.2, 0.25) is 0 Å². The number of hydrogen-bond acceptors (Lipinski definition) is 4. The molecule has 1 heterocycles. The number of aryl methyl sites for hydroxylation is 1. The Hall–Kier alpha value is -1.39. The van der Waals surface area contributed by atoms with Gasteiger partial charge in [-0.3, -0.25) is 4.79 Å². The van der Waals surface area contributed by atoms with Gasteiger partial charge in [-0.15, -0.1) is 0 Å². The number of carbonyl (C=O) groups excluding carboxylic acids is 1. The second-order valence-electron chi connectivity index (χ2n) is 1.80. The average Bonchev–Trinajstić information content (AvgIpc) is 2.31. The van der Waals surface area contributed by atoms with E-state index >= 15 is 0 Å². The standard InChI is InChI=1S/C5H7N3O2/c1-4-5(2-6-3-9)8-10-7-4/h3H,2H2,1H3,(H,6,9). The Morgan fingerprint density at radius 1 is 1.70 bits per heavy atom. The van der Waals surface area contributed by atoms with Gasteiger partial charge >= 0.3 is 0 Å². The molecular formula is C5H7N3O2. The van der Waals surface area contributed by atoms with Gasteiger partial charge < -0.3 is 5.32 Å². The Balaban J connectivity index is 2.56. The van der Waals surface area contributed by atoms with Gasteiger partial charge in [0, 0.05) is 0 Å². The number of rotatable bonds is 3. The Kier molecular flexibility index (Phi) is 1.99. The van der Waals surface area contributed by atoms with E-state index in [2.05, 4.69) is 20.3 Å². The number of amides is 1. The third-order valence-corrected chi connectivity index (χ3v) is 1.10. The highest BCUT2D eigenvalue weighted by atomic mass is 16.6.